The van der Waals surface area contributed by atoms with Gasteiger partial charge in [0.15, 0.2) is 11.5 Å². The molecule has 4 aliphatic heterocycles. The van der Waals surface area contributed by atoms with Crippen LogP contribution >= 0.6 is 0 Å². The van der Waals surface area contributed by atoms with Crippen LogP contribution in [-0.2, 0) is 0 Å². The quantitative estimate of drug-likeness (QED) is 0.134. The molecule has 0 aliphatic carbocycles. The van der Waals surface area contributed by atoms with Crippen molar-refractivity contribution in [2.24, 2.45) is 0 Å². The Balaban J connectivity index is 1.00. The Kier molecular flexibility index (Phi) is 10.3. The molecule has 0 saturated carbocycles. The molecule has 4 aliphatic rings. The largest absolute Gasteiger partial charge is 0.453 e. The van der Waals surface area contributed by atoms with E-state index in [9.17, 15) is 0 Å². The van der Waals surface area contributed by atoms with E-state index < -0.39 is 0 Å². The molecule has 5 heterocycles. The lowest BCUT2D eigenvalue weighted by Gasteiger charge is -2.41. The highest BCUT2D eigenvalue weighted by Crippen LogP contribution is 2.51. The van der Waals surface area contributed by atoms with Crippen molar-refractivity contribution in [2.45, 2.75) is 0 Å². The number of aromatic nitrogens is 1. The van der Waals surface area contributed by atoms with Crippen LogP contribution in [0, 0.1) is 0 Å². The molecule has 7 nitrogen and oxygen atoms in total. The topological polar surface area (TPSA) is 36.4 Å². The molecule has 11 aromatic carbocycles. The molecule has 79 heavy (non-hydrogen) atoms. The number of nitrogens with zero attached hydrogens (tertiary/aromatic N) is 5. The van der Waals surface area contributed by atoms with Gasteiger partial charge in [-0.3, -0.25) is 0 Å². The zero-order chi connectivity index (χ0) is 52.0. The van der Waals surface area contributed by atoms with Gasteiger partial charge in [0.2, 0.25) is 0 Å². The summed E-state index contributed by atoms with van der Waals surface area (Å²) in [6, 6.07) is 102. The minimum atomic E-state index is -0.278. The van der Waals surface area contributed by atoms with Crippen LogP contribution in [0.5, 0.6) is 23.0 Å². The SMILES string of the molecule is c1ccc(N(c2ccccc2)c2cc3c4c(c2)N(c2ccccc2)c2ccccc2B4c2c(c4c(n2-c2ccccc2)B2c5ccccc5N(c5ccccc5)c5cc(N(c6ccccc6)c6ccccc6)cc(c52)O4)O3)cc1. The number of anilines is 12. The molecule has 0 radical (unpaired) electrons. The molecule has 0 amide bonds. The number of ether oxygens (including phenoxy) is 2. The summed E-state index contributed by atoms with van der Waals surface area (Å²) in [7, 11) is 0. The fourth-order valence-corrected chi connectivity index (χ4v) is 12.9. The molecule has 0 spiro atoms. The van der Waals surface area contributed by atoms with Crippen molar-refractivity contribution < 1.29 is 9.47 Å². The first-order valence-electron chi connectivity index (χ1n) is 27.0. The Labute approximate surface area is 459 Å². The molecule has 0 saturated heterocycles. The van der Waals surface area contributed by atoms with Crippen LogP contribution in [0.2, 0.25) is 0 Å². The maximum Gasteiger partial charge on any atom is 0.277 e. The summed E-state index contributed by atoms with van der Waals surface area (Å²) < 4.78 is 18.1. The van der Waals surface area contributed by atoms with Crippen molar-refractivity contribution >= 4 is 115 Å². The van der Waals surface area contributed by atoms with Gasteiger partial charge < -0.3 is 33.6 Å². The van der Waals surface area contributed by atoms with E-state index in [0.29, 0.717) is 11.5 Å². The van der Waals surface area contributed by atoms with Gasteiger partial charge in [-0.1, -0.05) is 164 Å². The van der Waals surface area contributed by atoms with Gasteiger partial charge in [0.25, 0.3) is 13.4 Å². The van der Waals surface area contributed by atoms with Crippen molar-refractivity contribution in [3.8, 4) is 28.7 Å². The van der Waals surface area contributed by atoms with Gasteiger partial charge in [-0.05, 0) is 131 Å². The minimum Gasteiger partial charge on any atom is -0.453 e. The van der Waals surface area contributed by atoms with E-state index in [2.05, 4.69) is 309 Å². The summed E-state index contributed by atoms with van der Waals surface area (Å²) >= 11 is 0. The zero-order valence-electron chi connectivity index (χ0n) is 42.8. The molecule has 9 heteroatoms. The highest BCUT2D eigenvalue weighted by Gasteiger charge is 2.52. The van der Waals surface area contributed by atoms with Crippen LogP contribution in [0.4, 0.5) is 68.2 Å². The maximum atomic E-state index is 7.82. The summed E-state index contributed by atoms with van der Waals surface area (Å²) in [5, 5.41) is 0. The maximum absolute atomic E-state index is 7.82. The Hall–Kier alpha value is -10.4. The third-order valence-electron chi connectivity index (χ3n) is 16.0. The van der Waals surface area contributed by atoms with E-state index in [1.54, 1.807) is 0 Å². The number of para-hydroxylation sites is 9. The summed E-state index contributed by atoms with van der Waals surface area (Å²) in [6.45, 7) is -0.556. The highest BCUT2D eigenvalue weighted by atomic mass is 16.5. The summed E-state index contributed by atoms with van der Waals surface area (Å²) in [5.41, 5.74) is 20.1. The van der Waals surface area contributed by atoms with Crippen molar-refractivity contribution in [2.75, 3.05) is 19.6 Å². The molecule has 0 fully saturated rings. The third-order valence-corrected chi connectivity index (χ3v) is 16.0. The van der Waals surface area contributed by atoms with Crippen molar-refractivity contribution in [1.29, 1.82) is 0 Å². The predicted octanol–water partition coefficient (Wildman–Crippen LogP) is 14.2. The van der Waals surface area contributed by atoms with E-state index in [-0.39, 0.29) is 13.4 Å². The first-order chi connectivity index (χ1) is 39.2. The van der Waals surface area contributed by atoms with Gasteiger partial charge in [-0.25, -0.2) is 0 Å². The van der Waals surface area contributed by atoms with E-state index in [0.717, 1.165) is 108 Å². The fourth-order valence-electron chi connectivity index (χ4n) is 12.9. The highest BCUT2D eigenvalue weighted by molar-refractivity contribution is 7.02. The molecule has 0 bridgehead atoms. The van der Waals surface area contributed by atoms with Gasteiger partial charge in [0.05, 0.1) is 11.4 Å². The molecule has 0 unspecified atom stereocenters. The second-order valence-corrected chi connectivity index (χ2v) is 20.4. The van der Waals surface area contributed by atoms with E-state index >= 15 is 0 Å². The number of benzene rings is 11. The number of fused-ring (bicyclic) bond motifs is 9. The summed E-state index contributed by atoms with van der Waals surface area (Å²) in [6.07, 6.45) is 0. The smallest absolute Gasteiger partial charge is 0.277 e. The first-order valence-corrected chi connectivity index (χ1v) is 27.0. The Bertz CT molecular complexity index is 3950. The zero-order valence-corrected chi connectivity index (χ0v) is 42.8. The number of hydrogen-bond acceptors (Lipinski definition) is 6. The fraction of sp³-hybridized carbons (Fsp3) is 0. The monoisotopic (exact) mass is 1010 g/mol. The first kappa shape index (κ1) is 44.9. The van der Waals surface area contributed by atoms with Crippen LogP contribution < -0.4 is 62.1 Å². The van der Waals surface area contributed by atoms with Gasteiger partial charge >= 0.3 is 0 Å². The normalized spacial score (nSPS) is 12.9. The Morgan fingerprint density at radius 1 is 0.278 bits per heavy atom. The number of rotatable bonds is 9. The summed E-state index contributed by atoms with van der Waals surface area (Å²) in [5.74, 6) is 2.95. The molecule has 370 valence electrons. The second-order valence-electron chi connectivity index (χ2n) is 20.4. The van der Waals surface area contributed by atoms with Gasteiger partial charge in [-0.2, -0.15) is 0 Å². The van der Waals surface area contributed by atoms with Crippen LogP contribution in [-0.4, -0.2) is 18.0 Å². The van der Waals surface area contributed by atoms with Crippen molar-refractivity contribution in [3.63, 3.8) is 0 Å². The standard InChI is InChI=1S/C70H47B2N5O2/c1-8-26-48(27-9-1)73(49-28-10-2-11-29-49)55-44-61-65-63(46-55)78-67-68-70(77(54-38-20-7-21-39-54)69(67)71(65)57-40-22-24-42-59(57)75(61)52-34-16-5-17-35-52)72-58-41-23-25-43-60(58)76(53-36-18-6-19-37-53)62-45-56(47-64(79-68)66(62)72)74(50-30-12-3-13-31-50)51-32-14-4-15-33-51/h1-47H. The van der Waals surface area contributed by atoms with Crippen LogP contribution in [0.25, 0.3) is 5.69 Å². The van der Waals surface area contributed by atoms with Crippen molar-refractivity contribution in [1.82, 2.24) is 4.57 Å². The minimum absolute atomic E-state index is 0.278. The molecule has 0 N–H and O–H groups in total. The Morgan fingerprint density at radius 2 is 0.582 bits per heavy atom. The molecular formula is C70H47B2N5O2. The molecule has 1 aromatic heterocycles. The van der Waals surface area contributed by atoms with E-state index in [1.807, 2.05) is 0 Å². The lowest BCUT2D eigenvalue weighted by molar-refractivity contribution is 0.427. The third kappa shape index (κ3) is 7.03. The molecule has 16 rings (SSSR count). The van der Waals surface area contributed by atoms with Crippen molar-refractivity contribution in [3.05, 3.63) is 285 Å². The van der Waals surface area contributed by atoms with Crippen LogP contribution in [0.15, 0.2) is 285 Å². The molecule has 12 aromatic rings. The lowest BCUT2D eigenvalue weighted by Crippen LogP contribution is -2.64. The van der Waals surface area contributed by atoms with Gasteiger partial charge in [0, 0.05) is 85.9 Å². The molecular weight excluding hydrogens is 964 g/mol. The summed E-state index contributed by atoms with van der Waals surface area (Å²) in [4.78, 5) is 9.51. The predicted molar refractivity (Wildman–Crippen MR) is 327 cm³/mol. The van der Waals surface area contributed by atoms with E-state index in [1.165, 1.54) is 10.9 Å². The van der Waals surface area contributed by atoms with E-state index in [4.69, 9.17) is 9.47 Å². The lowest BCUT2D eigenvalue weighted by atomic mass is 9.35. The second kappa shape index (κ2) is 18.1. The van der Waals surface area contributed by atoms with Gasteiger partial charge in [-0.15, -0.1) is 0 Å². The van der Waals surface area contributed by atoms with Crippen LogP contribution in [0.3, 0.4) is 0 Å². The average molecular weight is 1010 g/mol. The average Bonchev–Trinajstić information content (AvgIpc) is 3.02. The van der Waals surface area contributed by atoms with Crippen LogP contribution in [0.1, 0.15) is 0 Å². The Morgan fingerprint density at radius 3 is 0.937 bits per heavy atom. The van der Waals surface area contributed by atoms with Gasteiger partial charge in [0.1, 0.15) is 11.5 Å². The number of hydrogen-bond donors (Lipinski definition) is 0. The molecule has 0 atom stereocenters.